The standard InChI is InChI=1S/C16H25N5O/c22-16(18-14-6-2-1-3-7-14)19-21-12-10-20(11-13-21)15-8-4-5-9-17-15/h4-5,8-9,14H,1-3,6-7,10-13H2,(H2,18,19,22). The molecule has 1 aliphatic carbocycles. The molecule has 0 unspecified atom stereocenters. The molecule has 2 fully saturated rings. The smallest absolute Gasteiger partial charge is 0.329 e. The number of aromatic nitrogens is 1. The van der Waals surface area contributed by atoms with E-state index in [1.165, 1.54) is 19.3 Å². The van der Waals surface area contributed by atoms with Gasteiger partial charge in [-0.3, -0.25) is 5.43 Å². The Hall–Kier alpha value is -1.82. The maximum absolute atomic E-state index is 12.0. The van der Waals surface area contributed by atoms with Gasteiger partial charge in [0, 0.05) is 38.4 Å². The highest BCUT2D eigenvalue weighted by atomic mass is 16.2. The lowest BCUT2D eigenvalue weighted by Gasteiger charge is -2.35. The molecule has 2 heterocycles. The first-order chi connectivity index (χ1) is 10.8. The van der Waals surface area contributed by atoms with Gasteiger partial charge in [0.05, 0.1) is 0 Å². The molecule has 0 radical (unpaired) electrons. The van der Waals surface area contributed by atoms with Gasteiger partial charge in [0.25, 0.3) is 0 Å². The van der Waals surface area contributed by atoms with Gasteiger partial charge in [-0.1, -0.05) is 25.3 Å². The zero-order valence-corrected chi connectivity index (χ0v) is 13.0. The van der Waals surface area contributed by atoms with Crippen molar-refractivity contribution in [1.82, 2.24) is 20.7 Å². The minimum absolute atomic E-state index is 0.0572. The Morgan fingerprint density at radius 3 is 2.55 bits per heavy atom. The van der Waals surface area contributed by atoms with Crippen molar-refractivity contribution in [3.8, 4) is 0 Å². The van der Waals surface area contributed by atoms with E-state index in [1.54, 1.807) is 0 Å². The normalized spacial score (nSPS) is 20.6. The van der Waals surface area contributed by atoms with E-state index in [4.69, 9.17) is 0 Å². The second-order valence-corrected chi connectivity index (χ2v) is 6.08. The highest BCUT2D eigenvalue weighted by Crippen LogP contribution is 2.17. The Balaban J connectivity index is 1.41. The highest BCUT2D eigenvalue weighted by molar-refractivity contribution is 5.73. The van der Waals surface area contributed by atoms with Crippen molar-refractivity contribution in [2.75, 3.05) is 31.1 Å². The second-order valence-electron chi connectivity index (χ2n) is 6.08. The fraction of sp³-hybridized carbons (Fsp3) is 0.625. The average Bonchev–Trinajstić information content (AvgIpc) is 2.57. The maximum atomic E-state index is 12.0. The minimum atomic E-state index is -0.0572. The molecule has 0 bridgehead atoms. The maximum Gasteiger partial charge on any atom is 0.329 e. The van der Waals surface area contributed by atoms with E-state index >= 15 is 0 Å². The number of nitrogens with one attached hydrogen (secondary N) is 2. The SMILES string of the molecule is O=C(NC1CCCCC1)NN1CCN(c2ccccn2)CC1. The van der Waals surface area contributed by atoms with Crippen molar-refractivity contribution in [3.05, 3.63) is 24.4 Å². The summed E-state index contributed by atoms with van der Waals surface area (Å²) in [7, 11) is 0. The molecule has 2 N–H and O–H groups in total. The molecular weight excluding hydrogens is 278 g/mol. The van der Waals surface area contributed by atoms with Crippen LogP contribution < -0.4 is 15.6 Å². The van der Waals surface area contributed by atoms with Crippen molar-refractivity contribution in [3.63, 3.8) is 0 Å². The Kier molecular flexibility index (Phi) is 5.11. The lowest BCUT2D eigenvalue weighted by atomic mass is 9.96. The molecule has 2 amide bonds. The molecule has 1 aromatic heterocycles. The number of urea groups is 1. The van der Waals surface area contributed by atoms with Crippen molar-refractivity contribution in [2.24, 2.45) is 0 Å². The molecule has 6 heteroatoms. The largest absolute Gasteiger partial charge is 0.354 e. The van der Waals surface area contributed by atoms with Gasteiger partial charge in [0.2, 0.25) is 0 Å². The monoisotopic (exact) mass is 303 g/mol. The first-order valence-electron chi connectivity index (χ1n) is 8.29. The Morgan fingerprint density at radius 1 is 1.09 bits per heavy atom. The summed E-state index contributed by atoms with van der Waals surface area (Å²) in [6.07, 6.45) is 7.80. The molecule has 0 aromatic carbocycles. The predicted molar refractivity (Wildman–Crippen MR) is 86.6 cm³/mol. The fourth-order valence-electron chi connectivity index (χ4n) is 3.20. The van der Waals surface area contributed by atoms with Crippen LogP contribution in [0.1, 0.15) is 32.1 Å². The van der Waals surface area contributed by atoms with Gasteiger partial charge < -0.3 is 10.2 Å². The number of hydrazine groups is 1. The van der Waals surface area contributed by atoms with E-state index < -0.39 is 0 Å². The topological polar surface area (TPSA) is 60.5 Å². The third-order valence-electron chi connectivity index (χ3n) is 4.45. The summed E-state index contributed by atoms with van der Waals surface area (Å²) in [5, 5.41) is 5.09. The van der Waals surface area contributed by atoms with Gasteiger partial charge in [0.15, 0.2) is 0 Å². The van der Waals surface area contributed by atoms with Gasteiger partial charge >= 0.3 is 6.03 Å². The Bertz CT molecular complexity index is 467. The van der Waals surface area contributed by atoms with Gasteiger partial charge in [0.1, 0.15) is 5.82 Å². The van der Waals surface area contributed by atoms with E-state index in [-0.39, 0.29) is 6.03 Å². The molecule has 3 rings (SSSR count). The Labute approximate surface area is 131 Å². The van der Waals surface area contributed by atoms with Gasteiger partial charge in [-0.15, -0.1) is 0 Å². The molecule has 1 aromatic rings. The van der Waals surface area contributed by atoms with E-state index in [0.29, 0.717) is 6.04 Å². The zero-order valence-electron chi connectivity index (χ0n) is 13.0. The van der Waals surface area contributed by atoms with Crippen LogP contribution in [0.4, 0.5) is 10.6 Å². The number of carbonyl (C=O) groups excluding carboxylic acids is 1. The number of hydrogen-bond donors (Lipinski definition) is 2. The van der Waals surface area contributed by atoms with Crippen molar-refractivity contribution in [1.29, 1.82) is 0 Å². The van der Waals surface area contributed by atoms with Crippen LogP contribution in [0.15, 0.2) is 24.4 Å². The third kappa shape index (κ3) is 4.10. The molecule has 6 nitrogen and oxygen atoms in total. The number of rotatable bonds is 3. The first-order valence-corrected chi connectivity index (χ1v) is 8.29. The summed E-state index contributed by atoms with van der Waals surface area (Å²) in [6, 6.07) is 6.25. The van der Waals surface area contributed by atoms with E-state index in [9.17, 15) is 4.79 Å². The van der Waals surface area contributed by atoms with E-state index in [2.05, 4.69) is 20.6 Å². The van der Waals surface area contributed by atoms with Crippen LogP contribution in [0, 0.1) is 0 Å². The summed E-state index contributed by atoms with van der Waals surface area (Å²) in [5.74, 6) is 1.01. The summed E-state index contributed by atoms with van der Waals surface area (Å²) in [6.45, 7) is 3.38. The Morgan fingerprint density at radius 2 is 1.86 bits per heavy atom. The van der Waals surface area contributed by atoms with Crippen LogP contribution >= 0.6 is 0 Å². The average molecular weight is 303 g/mol. The third-order valence-corrected chi connectivity index (χ3v) is 4.45. The molecule has 1 saturated heterocycles. The number of anilines is 1. The zero-order chi connectivity index (χ0) is 15.2. The molecule has 1 aliphatic heterocycles. The van der Waals surface area contributed by atoms with Crippen molar-refractivity contribution in [2.45, 2.75) is 38.1 Å². The quantitative estimate of drug-likeness (QED) is 0.893. The van der Waals surface area contributed by atoms with Crippen LogP contribution in [-0.4, -0.2) is 48.2 Å². The van der Waals surface area contributed by atoms with Crippen LogP contribution in [0.2, 0.25) is 0 Å². The molecule has 2 aliphatic rings. The number of nitrogens with zero attached hydrogens (tertiary/aromatic N) is 3. The first kappa shape index (κ1) is 15.1. The van der Waals surface area contributed by atoms with Crippen LogP contribution in [0.25, 0.3) is 0 Å². The summed E-state index contributed by atoms with van der Waals surface area (Å²) < 4.78 is 0. The van der Waals surface area contributed by atoms with Gasteiger partial charge in [-0.05, 0) is 25.0 Å². The summed E-state index contributed by atoms with van der Waals surface area (Å²) in [4.78, 5) is 18.7. The lowest BCUT2D eigenvalue weighted by molar-refractivity contribution is 0.165. The van der Waals surface area contributed by atoms with Crippen LogP contribution in [0.3, 0.4) is 0 Å². The molecular formula is C16H25N5O. The van der Waals surface area contributed by atoms with E-state index in [1.807, 2.05) is 29.4 Å². The molecule has 120 valence electrons. The highest BCUT2D eigenvalue weighted by Gasteiger charge is 2.21. The number of amides is 2. The minimum Gasteiger partial charge on any atom is -0.354 e. The van der Waals surface area contributed by atoms with Crippen molar-refractivity contribution >= 4 is 11.8 Å². The molecule has 22 heavy (non-hydrogen) atoms. The van der Waals surface area contributed by atoms with Crippen molar-refractivity contribution < 1.29 is 4.79 Å². The number of hydrogen-bond acceptors (Lipinski definition) is 4. The van der Waals surface area contributed by atoms with Gasteiger partial charge in [-0.2, -0.15) is 0 Å². The second kappa shape index (κ2) is 7.45. The molecule has 0 atom stereocenters. The lowest BCUT2D eigenvalue weighted by Crippen LogP contribution is -2.57. The molecule has 0 spiro atoms. The van der Waals surface area contributed by atoms with Crippen LogP contribution in [0.5, 0.6) is 0 Å². The number of pyridine rings is 1. The molecule has 1 saturated carbocycles. The predicted octanol–water partition coefficient (Wildman–Crippen LogP) is 1.75. The summed E-state index contributed by atoms with van der Waals surface area (Å²) in [5.41, 5.74) is 2.97. The van der Waals surface area contributed by atoms with Crippen LogP contribution in [-0.2, 0) is 0 Å². The number of piperazine rings is 1. The fourth-order valence-corrected chi connectivity index (χ4v) is 3.20. The summed E-state index contributed by atoms with van der Waals surface area (Å²) >= 11 is 0. The van der Waals surface area contributed by atoms with E-state index in [0.717, 1.165) is 44.8 Å². The van der Waals surface area contributed by atoms with Gasteiger partial charge in [-0.25, -0.2) is 14.8 Å². The number of carbonyl (C=O) groups is 1.